The molecule has 1 fully saturated rings. The van der Waals surface area contributed by atoms with Crippen molar-refractivity contribution >= 4 is 57.8 Å². The van der Waals surface area contributed by atoms with Crippen molar-refractivity contribution in [1.29, 1.82) is 0 Å². The van der Waals surface area contributed by atoms with Gasteiger partial charge in [-0.15, -0.1) is 0 Å². The van der Waals surface area contributed by atoms with Crippen molar-refractivity contribution in [1.82, 2.24) is 10.1 Å². The molecule has 7 nitrogen and oxygen atoms in total. The second-order valence-corrected chi connectivity index (χ2v) is 8.96. The Labute approximate surface area is 170 Å². The lowest BCUT2D eigenvalue weighted by Gasteiger charge is -2.34. The Morgan fingerprint density at radius 3 is 2.78 bits per heavy atom. The van der Waals surface area contributed by atoms with Gasteiger partial charge in [0.1, 0.15) is 5.76 Å². The molecule has 10 heteroatoms. The van der Waals surface area contributed by atoms with Crippen LogP contribution >= 0.6 is 35.6 Å². The van der Waals surface area contributed by atoms with E-state index in [1.807, 2.05) is 13.8 Å². The van der Waals surface area contributed by atoms with Gasteiger partial charge < -0.3 is 9.73 Å². The van der Waals surface area contributed by atoms with E-state index in [-0.39, 0.29) is 0 Å². The van der Waals surface area contributed by atoms with Crippen molar-refractivity contribution in [2.24, 2.45) is 5.10 Å². The second-order valence-electron chi connectivity index (χ2n) is 6.23. The molecule has 0 radical (unpaired) electrons. The molecule has 0 bridgehead atoms. The van der Waals surface area contributed by atoms with Crippen LogP contribution in [0.3, 0.4) is 0 Å². The zero-order chi connectivity index (χ0) is 19.6. The highest BCUT2D eigenvalue weighted by Gasteiger charge is 2.50. The summed E-state index contributed by atoms with van der Waals surface area (Å²) in [6.45, 7) is 3.74. The number of hydrazone groups is 1. The van der Waals surface area contributed by atoms with Gasteiger partial charge in [0.25, 0.3) is 0 Å². The van der Waals surface area contributed by atoms with Gasteiger partial charge in [-0.2, -0.15) is 10.2 Å². The molecular formula is C17H17ClN4O3S2. The van der Waals surface area contributed by atoms with Gasteiger partial charge in [0.05, 0.1) is 17.2 Å². The van der Waals surface area contributed by atoms with Gasteiger partial charge in [0.15, 0.2) is 10.5 Å². The Kier molecular flexibility index (Phi) is 5.75. The summed E-state index contributed by atoms with van der Waals surface area (Å²) >= 11 is 12.6. The number of carbonyl (C=O) groups excluding carboxylic acids is 1. The Hall–Kier alpha value is -2.07. The Balaban J connectivity index is 1.80. The number of amides is 2. The molecule has 0 unspecified atom stereocenters. The number of rotatable bonds is 4. The molecule has 1 atom stereocenters. The largest absolute Gasteiger partial charge is 0.463 e. The highest BCUT2D eigenvalue weighted by atomic mass is 35.5. The predicted octanol–water partition coefficient (Wildman–Crippen LogP) is 4.63. The third kappa shape index (κ3) is 4.44. The van der Waals surface area contributed by atoms with E-state index in [2.05, 4.69) is 10.4 Å². The Morgan fingerprint density at radius 1 is 1.44 bits per heavy atom. The summed E-state index contributed by atoms with van der Waals surface area (Å²) in [4.78, 5) is 12.5. The molecule has 3 rings (SSSR count). The lowest BCUT2D eigenvalue weighted by molar-refractivity contribution is -0.114. The van der Waals surface area contributed by atoms with Gasteiger partial charge >= 0.3 is 6.03 Å². The summed E-state index contributed by atoms with van der Waals surface area (Å²) in [6.07, 6.45) is 2.19. The van der Waals surface area contributed by atoms with E-state index < -0.39 is 16.9 Å². The van der Waals surface area contributed by atoms with E-state index in [0.717, 1.165) is 0 Å². The highest BCUT2D eigenvalue weighted by Crippen LogP contribution is 2.42. The molecule has 1 saturated heterocycles. The summed E-state index contributed by atoms with van der Waals surface area (Å²) in [7, 11) is 0. The fourth-order valence-electron chi connectivity index (χ4n) is 2.54. The van der Waals surface area contributed by atoms with Crippen LogP contribution in [0.2, 0.25) is 5.02 Å². The van der Waals surface area contributed by atoms with Crippen LogP contribution in [0.4, 0.5) is 10.5 Å². The van der Waals surface area contributed by atoms with Gasteiger partial charge in [-0.25, -0.2) is 9.80 Å². The molecule has 0 saturated carbocycles. The molecule has 1 aliphatic heterocycles. The lowest BCUT2D eigenvalue weighted by Crippen LogP contribution is -2.54. The first-order chi connectivity index (χ1) is 12.8. The number of urea groups is 1. The summed E-state index contributed by atoms with van der Waals surface area (Å²) in [6, 6.07) is 9.32. The average molecular weight is 425 g/mol. The minimum atomic E-state index is -0.812. The van der Waals surface area contributed by atoms with E-state index in [0.29, 0.717) is 25.9 Å². The number of hydrogen-bond donors (Lipinski definition) is 2. The minimum Gasteiger partial charge on any atom is -0.463 e. The first kappa shape index (κ1) is 19.7. The Morgan fingerprint density at radius 2 is 2.15 bits per heavy atom. The number of halogens is 1. The van der Waals surface area contributed by atoms with Gasteiger partial charge in [0.2, 0.25) is 0 Å². The molecule has 1 aromatic heterocycles. The second kappa shape index (κ2) is 7.89. The first-order valence-corrected chi connectivity index (χ1v) is 9.52. The molecule has 2 amide bonds. The third-order valence-electron chi connectivity index (χ3n) is 3.78. The van der Waals surface area contributed by atoms with Crippen molar-refractivity contribution in [3.05, 3.63) is 53.4 Å². The van der Waals surface area contributed by atoms with Crippen molar-refractivity contribution in [3.63, 3.8) is 0 Å². The average Bonchev–Trinajstić information content (AvgIpc) is 3.19. The summed E-state index contributed by atoms with van der Waals surface area (Å²) in [5.41, 5.74) is 0.500. The predicted molar refractivity (Wildman–Crippen MR) is 110 cm³/mol. The van der Waals surface area contributed by atoms with Gasteiger partial charge in [-0.05, 0) is 50.2 Å². The zero-order valence-corrected chi connectivity index (χ0v) is 16.9. The number of thioether (sulfide) groups is 1. The fourth-order valence-corrected chi connectivity index (χ4v) is 4.45. The number of anilines is 1. The normalized spacial score (nSPS) is 18.9. The molecule has 0 aliphatic carbocycles. The zero-order valence-electron chi connectivity index (χ0n) is 14.5. The molecule has 142 valence electrons. The van der Waals surface area contributed by atoms with Crippen LogP contribution in [0.5, 0.6) is 0 Å². The SMILES string of the molecule is CC1(C)SC(=S)N(/N=C\c2ccco2)[C@H]1N(O)C(=O)Nc1ccc(Cl)cc1. The summed E-state index contributed by atoms with van der Waals surface area (Å²) in [5.74, 6) is 0.529. The van der Waals surface area contributed by atoms with Crippen LogP contribution in [0.15, 0.2) is 52.2 Å². The number of benzene rings is 1. The maximum Gasteiger partial charge on any atom is 0.347 e. The fraction of sp³-hybridized carbons (Fsp3) is 0.235. The maximum atomic E-state index is 12.5. The number of carbonyl (C=O) groups is 1. The number of nitrogens with one attached hydrogen (secondary N) is 1. The lowest BCUT2D eigenvalue weighted by atomic mass is 10.1. The molecular weight excluding hydrogens is 408 g/mol. The van der Waals surface area contributed by atoms with Crippen molar-refractivity contribution < 1.29 is 14.4 Å². The number of hydroxylamine groups is 2. The third-order valence-corrected chi connectivity index (χ3v) is 5.57. The minimum absolute atomic E-state index is 0.436. The summed E-state index contributed by atoms with van der Waals surface area (Å²) in [5, 5.41) is 20.1. The van der Waals surface area contributed by atoms with Crippen molar-refractivity contribution in [2.45, 2.75) is 24.8 Å². The van der Waals surface area contributed by atoms with Crippen LogP contribution < -0.4 is 5.32 Å². The van der Waals surface area contributed by atoms with E-state index in [1.165, 1.54) is 29.2 Å². The molecule has 2 aromatic rings. The topological polar surface area (TPSA) is 81.3 Å². The van der Waals surface area contributed by atoms with Gasteiger partial charge in [-0.3, -0.25) is 5.21 Å². The molecule has 27 heavy (non-hydrogen) atoms. The van der Waals surface area contributed by atoms with Crippen LogP contribution in [0.25, 0.3) is 0 Å². The number of nitrogens with zero attached hydrogens (tertiary/aromatic N) is 3. The molecule has 1 aromatic carbocycles. The van der Waals surface area contributed by atoms with E-state index in [1.54, 1.807) is 36.4 Å². The first-order valence-electron chi connectivity index (χ1n) is 7.92. The highest BCUT2D eigenvalue weighted by molar-refractivity contribution is 8.24. The van der Waals surface area contributed by atoms with Crippen molar-refractivity contribution in [3.8, 4) is 0 Å². The van der Waals surface area contributed by atoms with E-state index in [9.17, 15) is 10.0 Å². The van der Waals surface area contributed by atoms with Gasteiger partial charge in [-0.1, -0.05) is 35.6 Å². The quantitative estimate of drug-likeness (QED) is 0.322. The maximum absolute atomic E-state index is 12.5. The smallest absolute Gasteiger partial charge is 0.347 e. The molecule has 2 heterocycles. The number of furan rings is 1. The van der Waals surface area contributed by atoms with Crippen LogP contribution in [-0.2, 0) is 0 Å². The molecule has 2 N–H and O–H groups in total. The monoisotopic (exact) mass is 424 g/mol. The van der Waals surface area contributed by atoms with Crippen LogP contribution in [-0.4, -0.2) is 42.8 Å². The summed E-state index contributed by atoms with van der Waals surface area (Å²) < 4.78 is 5.06. The number of thiocarbonyl (C=S) groups is 1. The van der Waals surface area contributed by atoms with Crippen LogP contribution in [0.1, 0.15) is 19.6 Å². The molecule has 0 spiro atoms. The Bertz CT molecular complexity index is 856. The number of hydrogen-bond acceptors (Lipinski definition) is 6. The van der Waals surface area contributed by atoms with Gasteiger partial charge in [0, 0.05) is 10.7 Å². The van der Waals surface area contributed by atoms with Crippen LogP contribution in [0, 0.1) is 0 Å². The van der Waals surface area contributed by atoms with E-state index in [4.69, 9.17) is 28.2 Å². The van der Waals surface area contributed by atoms with E-state index >= 15 is 0 Å². The molecule has 1 aliphatic rings. The van der Waals surface area contributed by atoms with Crippen molar-refractivity contribution in [2.75, 3.05) is 5.32 Å². The standard InChI is InChI=1S/C17H17ClN4O3S2/c1-17(2)14(21(16(26)27-17)19-10-13-4-3-9-25-13)22(24)15(23)20-12-7-5-11(18)6-8-12/h3-10,14,24H,1-2H3,(H,20,23)/b19-10-/t14-/m0/s1.